The monoisotopic (exact) mass is 270 g/mol. The standard InChI is InChI=1S/C21H18/c1-14-8-7-13-16(15(14)2)21-19-11-5-3-9-17(19)18-10-4-6-12-20(18)21/h3-13,21H,1-2H3. The molecule has 0 spiro atoms. The summed E-state index contributed by atoms with van der Waals surface area (Å²) < 4.78 is 0. The van der Waals surface area contributed by atoms with Gasteiger partial charge >= 0.3 is 0 Å². The highest BCUT2D eigenvalue weighted by Crippen LogP contribution is 2.48. The Bertz CT molecular complexity index is 781. The highest BCUT2D eigenvalue weighted by molar-refractivity contribution is 5.80. The zero-order valence-electron chi connectivity index (χ0n) is 12.4. The van der Waals surface area contributed by atoms with Crippen LogP contribution >= 0.6 is 0 Å². The third-order valence-electron chi connectivity index (χ3n) is 4.79. The van der Waals surface area contributed by atoms with Crippen LogP contribution in [0.3, 0.4) is 0 Å². The van der Waals surface area contributed by atoms with Crippen molar-refractivity contribution < 1.29 is 0 Å². The van der Waals surface area contributed by atoms with Crippen LogP contribution in [0.1, 0.15) is 33.7 Å². The average Bonchev–Trinajstić information content (AvgIpc) is 2.85. The SMILES string of the molecule is Cc1cccc(C2c3ccccc3-c3ccccc32)c1C. The first kappa shape index (κ1) is 12.4. The molecule has 3 aromatic rings. The predicted molar refractivity (Wildman–Crippen MR) is 88.7 cm³/mol. The minimum absolute atomic E-state index is 0.372. The molecule has 0 fully saturated rings. The fourth-order valence-corrected chi connectivity index (χ4v) is 3.58. The Morgan fingerprint density at radius 2 is 1.10 bits per heavy atom. The molecule has 4 rings (SSSR count). The van der Waals surface area contributed by atoms with Crippen molar-refractivity contribution in [1.82, 2.24) is 0 Å². The fourth-order valence-electron chi connectivity index (χ4n) is 3.58. The predicted octanol–water partition coefficient (Wildman–Crippen LogP) is 5.46. The molecular formula is C21H18. The van der Waals surface area contributed by atoms with Gasteiger partial charge in [-0.3, -0.25) is 0 Å². The fraction of sp³-hybridized carbons (Fsp3) is 0.143. The Labute approximate surface area is 126 Å². The van der Waals surface area contributed by atoms with Gasteiger partial charge < -0.3 is 0 Å². The Balaban J connectivity index is 2.03. The average molecular weight is 270 g/mol. The number of benzene rings is 3. The van der Waals surface area contributed by atoms with E-state index >= 15 is 0 Å². The Kier molecular flexibility index (Phi) is 2.71. The van der Waals surface area contributed by atoms with Gasteiger partial charge in [0, 0.05) is 5.92 Å². The summed E-state index contributed by atoms with van der Waals surface area (Å²) in [7, 11) is 0. The van der Waals surface area contributed by atoms with Crippen LogP contribution in [0.2, 0.25) is 0 Å². The van der Waals surface area contributed by atoms with Crippen molar-refractivity contribution in [3.8, 4) is 11.1 Å². The van der Waals surface area contributed by atoms with E-state index in [4.69, 9.17) is 0 Å². The van der Waals surface area contributed by atoms with Gasteiger partial charge in [0.15, 0.2) is 0 Å². The molecule has 0 heteroatoms. The normalized spacial score (nSPS) is 13.0. The molecule has 21 heavy (non-hydrogen) atoms. The summed E-state index contributed by atoms with van der Waals surface area (Å²) in [6.45, 7) is 4.44. The van der Waals surface area contributed by atoms with E-state index in [-0.39, 0.29) is 0 Å². The van der Waals surface area contributed by atoms with E-state index in [1.54, 1.807) is 0 Å². The van der Waals surface area contributed by atoms with Crippen molar-refractivity contribution in [1.29, 1.82) is 0 Å². The summed E-state index contributed by atoms with van der Waals surface area (Å²) in [5.74, 6) is 0.372. The van der Waals surface area contributed by atoms with Crippen LogP contribution in [-0.4, -0.2) is 0 Å². The van der Waals surface area contributed by atoms with Gasteiger partial charge in [-0.1, -0.05) is 66.7 Å². The molecule has 0 radical (unpaired) electrons. The van der Waals surface area contributed by atoms with E-state index < -0.39 is 0 Å². The molecule has 0 saturated heterocycles. The second-order valence-corrected chi connectivity index (χ2v) is 5.90. The van der Waals surface area contributed by atoms with Crippen LogP contribution in [-0.2, 0) is 0 Å². The number of hydrogen-bond acceptors (Lipinski definition) is 0. The maximum absolute atomic E-state index is 2.28. The number of hydrogen-bond donors (Lipinski definition) is 0. The van der Waals surface area contributed by atoms with Crippen molar-refractivity contribution in [3.05, 3.63) is 94.5 Å². The van der Waals surface area contributed by atoms with Crippen LogP contribution in [0.4, 0.5) is 0 Å². The second-order valence-electron chi connectivity index (χ2n) is 5.90. The zero-order chi connectivity index (χ0) is 14.4. The smallest absolute Gasteiger partial charge is 0.0355 e. The lowest BCUT2D eigenvalue weighted by atomic mass is 9.85. The van der Waals surface area contributed by atoms with Gasteiger partial charge in [-0.2, -0.15) is 0 Å². The van der Waals surface area contributed by atoms with E-state index in [1.165, 1.54) is 38.9 Å². The lowest BCUT2D eigenvalue weighted by molar-refractivity contribution is 0.990. The molecule has 0 aromatic heterocycles. The van der Waals surface area contributed by atoms with Gasteiger partial charge in [-0.05, 0) is 52.8 Å². The molecule has 0 heterocycles. The molecule has 0 bridgehead atoms. The topological polar surface area (TPSA) is 0 Å². The quantitative estimate of drug-likeness (QED) is 0.430. The highest BCUT2D eigenvalue weighted by Gasteiger charge is 2.30. The molecule has 0 N–H and O–H groups in total. The summed E-state index contributed by atoms with van der Waals surface area (Å²) in [5, 5.41) is 0. The minimum Gasteiger partial charge on any atom is -0.0619 e. The second kappa shape index (κ2) is 4.60. The number of aryl methyl sites for hydroxylation is 1. The lowest BCUT2D eigenvalue weighted by Gasteiger charge is -2.18. The molecular weight excluding hydrogens is 252 g/mol. The van der Waals surface area contributed by atoms with E-state index in [2.05, 4.69) is 80.6 Å². The van der Waals surface area contributed by atoms with Crippen molar-refractivity contribution in [3.63, 3.8) is 0 Å². The molecule has 0 unspecified atom stereocenters. The first-order valence-corrected chi connectivity index (χ1v) is 7.51. The summed E-state index contributed by atoms with van der Waals surface area (Å²) in [6.07, 6.45) is 0. The largest absolute Gasteiger partial charge is 0.0619 e. The van der Waals surface area contributed by atoms with Gasteiger partial charge in [0.1, 0.15) is 0 Å². The van der Waals surface area contributed by atoms with E-state index in [0.717, 1.165) is 0 Å². The van der Waals surface area contributed by atoms with Crippen molar-refractivity contribution in [2.45, 2.75) is 19.8 Å². The highest BCUT2D eigenvalue weighted by atomic mass is 14.3. The van der Waals surface area contributed by atoms with E-state index in [0.29, 0.717) is 5.92 Å². The van der Waals surface area contributed by atoms with Gasteiger partial charge in [-0.25, -0.2) is 0 Å². The first-order chi connectivity index (χ1) is 10.3. The van der Waals surface area contributed by atoms with Gasteiger partial charge in [0.2, 0.25) is 0 Å². The molecule has 1 aliphatic rings. The number of rotatable bonds is 1. The van der Waals surface area contributed by atoms with Gasteiger partial charge in [0.05, 0.1) is 0 Å². The third kappa shape index (κ3) is 1.76. The van der Waals surface area contributed by atoms with Crippen molar-refractivity contribution in [2.24, 2.45) is 0 Å². The Morgan fingerprint density at radius 1 is 0.571 bits per heavy atom. The Hall–Kier alpha value is -2.34. The van der Waals surface area contributed by atoms with Crippen LogP contribution in [0.5, 0.6) is 0 Å². The van der Waals surface area contributed by atoms with E-state index in [9.17, 15) is 0 Å². The molecule has 3 aromatic carbocycles. The summed E-state index contributed by atoms with van der Waals surface area (Å²) in [6, 6.07) is 24.3. The third-order valence-corrected chi connectivity index (χ3v) is 4.79. The van der Waals surface area contributed by atoms with Crippen LogP contribution in [0.25, 0.3) is 11.1 Å². The Morgan fingerprint density at radius 3 is 1.71 bits per heavy atom. The molecule has 0 saturated carbocycles. The van der Waals surface area contributed by atoms with Crippen LogP contribution in [0.15, 0.2) is 66.7 Å². The van der Waals surface area contributed by atoms with E-state index in [1.807, 2.05) is 0 Å². The summed E-state index contributed by atoms with van der Waals surface area (Å²) >= 11 is 0. The molecule has 1 aliphatic carbocycles. The maximum Gasteiger partial charge on any atom is 0.0355 e. The summed E-state index contributed by atoms with van der Waals surface area (Å²) in [4.78, 5) is 0. The molecule has 0 atom stereocenters. The van der Waals surface area contributed by atoms with Gasteiger partial charge in [0.25, 0.3) is 0 Å². The first-order valence-electron chi connectivity index (χ1n) is 7.51. The number of fused-ring (bicyclic) bond motifs is 3. The van der Waals surface area contributed by atoms with Gasteiger partial charge in [-0.15, -0.1) is 0 Å². The molecule has 0 aliphatic heterocycles. The van der Waals surface area contributed by atoms with Crippen LogP contribution in [0, 0.1) is 13.8 Å². The molecule has 0 nitrogen and oxygen atoms in total. The maximum atomic E-state index is 2.28. The molecule has 0 amide bonds. The van der Waals surface area contributed by atoms with Crippen LogP contribution < -0.4 is 0 Å². The van der Waals surface area contributed by atoms with Crippen molar-refractivity contribution >= 4 is 0 Å². The summed E-state index contributed by atoms with van der Waals surface area (Å²) in [5.41, 5.74) is 9.87. The molecule has 102 valence electrons. The van der Waals surface area contributed by atoms with Crippen molar-refractivity contribution in [2.75, 3.05) is 0 Å². The zero-order valence-corrected chi connectivity index (χ0v) is 12.4. The lowest BCUT2D eigenvalue weighted by Crippen LogP contribution is -2.02. The minimum atomic E-state index is 0.372.